The molecular formula is C28H25N3O4. The molecule has 4 rings (SSSR count). The van der Waals surface area contributed by atoms with Crippen molar-refractivity contribution in [2.75, 3.05) is 17.7 Å². The number of amides is 2. The van der Waals surface area contributed by atoms with Crippen molar-refractivity contribution in [2.24, 2.45) is 0 Å². The minimum atomic E-state index is -0.314. The van der Waals surface area contributed by atoms with Gasteiger partial charge in [-0.15, -0.1) is 0 Å². The Morgan fingerprint density at radius 3 is 2.29 bits per heavy atom. The lowest BCUT2D eigenvalue weighted by Gasteiger charge is -2.14. The molecule has 0 spiro atoms. The number of rotatable bonds is 8. The Bertz CT molecular complexity index is 1320. The summed E-state index contributed by atoms with van der Waals surface area (Å²) in [6.45, 7) is 2.21. The van der Waals surface area contributed by atoms with E-state index in [9.17, 15) is 9.59 Å². The number of methoxy groups -OCH3 is 1. The average molecular weight is 468 g/mol. The minimum absolute atomic E-state index is 0.239. The quantitative estimate of drug-likeness (QED) is 0.358. The Balaban J connectivity index is 1.48. The number of nitrogens with one attached hydrogen (secondary N) is 2. The summed E-state index contributed by atoms with van der Waals surface area (Å²) in [5, 5.41) is 5.76. The summed E-state index contributed by atoms with van der Waals surface area (Å²) < 4.78 is 11.3. The van der Waals surface area contributed by atoms with Gasteiger partial charge in [0.05, 0.1) is 7.11 Å². The number of aryl methyl sites for hydroxylation is 1. The molecule has 7 heteroatoms. The third-order valence-corrected chi connectivity index (χ3v) is 5.35. The van der Waals surface area contributed by atoms with Crippen LogP contribution < -0.4 is 20.1 Å². The van der Waals surface area contributed by atoms with Crippen LogP contribution in [0.5, 0.6) is 11.5 Å². The first-order chi connectivity index (χ1) is 17.0. The van der Waals surface area contributed by atoms with Crippen LogP contribution in [-0.4, -0.2) is 23.9 Å². The third kappa shape index (κ3) is 6.03. The van der Waals surface area contributed by atoms with Gasteiger partial charge in [-0.1, -0.05) is 24.3 Å². The SMILES string of the molecule is COc1ccc(NC(=O)c2ccc(C)c(NC(=O)c3ccccc3)c2)cc1OCc1ccncc1. The van der Waals surface area contributed by atoms with E-state index in [-0.39, 0.29) is 11.8 Å². The van der Waals surface area contributed by atoms with E-state index in [4.69, 9.17) is 9.47 Å². The second-order valence-electron chi connectivity index (χ2n) is 7.81. The molecular weight excluding hydrogens is 442 g/mol. The normalized spacial score (nSPS) is 10.3. The molecule has 0 saturated heterocycles. The largest absolute Gasteiger partial charge is 0.493 e. The fraction of sp³-hybridized carbons (Fsp3) is 0.107. The van der Waals surface area contributed by atoms with E-state index in [0.29, 0.717) is 40.6 Å². The lowest BCUT2D eigenvalue weighted by Crippen LogP contribution is -2.15. The Kier molecular flexibility index (Phi) is 7.37. The molecule has 2 amide bonds. The summed E-state index contributed by atoms with van der Waals surface area (Å²) >= 11 is 0. The predicted molar refractivity (Wildman–Crippen MR) is 135 cm³/mol. The number of carbonyl (C=O) groups is 2. The Morgan fingerprint density at radius 2 is 1.54 bits per heavy atom. The number of aromatic nitrogens is 1. The molecule has 0 unspecified atom stereocenters. The van der Waals surface area contributed by atoms with Crippen LogP contribution in [0.15, 0.2) is 91.3 Å². The molecule has 0 saturated carbocycles. The maximum absolute atomic E-state index is 13.0. The van der Waals surface area contributed by atoms with E-state index in [1.165, 1.54) is 0 Å². The monoisotopic (exact) mass is 467 g/mol. The highest BCUT2D eigenvalue weighted by molar-refractivity contribution is 6.07. The predicted octanol–water partition coefficient (Wildman–Crippen LogP) is 5.48. The third-order valence-electron chi connectivity index (χ3n) is 5.35. The lowest BCUT2D eigenvalue weighted by molar-refractivity contribution is 0.101. The number of anilines is 2. The highest BCUT2D eigenvalue weighted by atomic mass is 16.5. The molecule has 0 aliphatic carbocycles. The summed E-state index contributed by atoms with van der Waals surface area (Å²) in [5.74, 6) is 0.503. The van der Waals surface area contributed by atoms with E-state index in [1.807, 2.05) is 25.1 Å². The highest BCUT2D eigenvalue weighted by Gasteiger charge is 2.13. The van der Waals surface area contributed by atoms with Crippen molar-refractivity contribution in [3.8, 4) is 11.5 Å². The van der Waals surface area contributed by atoms with Gasteiger partial charge in [-0.05, 0) is 66.6 Å². The Morgan fingerprint density at radius 1 is 0.800 bits per heavy atom. The van der Waals surface area contributed by atoms with Crippen LogP contribution >= 0.6 is 0 Å². The summed E-state index contributed by atoms with van der Waals surface area (Å²) in [6, 6.07) is 23.0. The molecule has 3 aromatic carbocycles. The highest BCUT2D eigenvalue weighted by Crippen LogP contribution is 2.31. The number of hydrogen-bond donors (Lipinski definition) is 2. The van der Waals surface area contributed by atoms with Crippen molar-refractivity contribution in [1.29, 1.82) is 0 Å². The molecule has 0 radical (unpaired) electrons. The summed E-state index contributed by atoms with van der Waals surface area (Å²) in [6.07, 6.45) is 3.40. The van der Waals surface area contributed by atoms with Crippen LogP contribution in [0.25, 0.3) is 0 Å². The van der Waals surface area contributed by atoms with Crippen molar-refractivity contribution >= 4 is 23.2 Å². The van der Waals surface area contributed by atoms with Gasteiger partial charge >= 0.3 is 0 Å². The fourth-order valence-electron chi connectivity index (χ4n) is 3.39. The van der Waals surface area contributed by atoms with Gasteiger partial charge in [0.1, 0.15) is 6.61 Å². The zero-order chi connectivity index (χ0) is 24.6. The summed E-state index contributed by atoms with van der Waals surface area (Å²) in [5.41, 5.74) is 3.88. The smallest absolute Gasteiger partial charge is 0.255 e. The van der Waals surface area contributed by atoms with Crippen LogP contribution in [0.1, 0.15) is 31.8 Å². The van der Waals surface area contributed by atoms with Gasteiger partial charge in [0.15, 0.2) is 11.5 Å². The lowest BCUT2D eigenvalue weighted by atomic mass is 10.1. The van der Waals surface area contributed by atoms with E-state index < -0.39 is 0 Å². The van der Waals surface area contributed by atoms with Crippen molar-refractivity contribution in [2.45, 2.75) is 13.5 Å². The molecule has 1 aromatic heterocycles. The molecule has 0 aliphatic rings. The van der Waals surface area contributed by atoms with Gasteiger partial charge in [-0.25, -0.2) is 0 Å². The molecule has 176 valence electrons. The van der Waals surface area contributed by atoms with Crippen LogP contribution in [0, 0.1) is 6.92 Å². The standard InChI is InChI=1S/C28H25N3O4/c1-19-8-9-22(16-24(19)31-27(32)21-6-4-3-5-7-21)28(33)30-23-10-11-25(34-2)26(17-23)35-18-20-12-14-29-15-13-20/h3-17H,18H2,1-2H3,(H,30,33)(H,31,32). The minimum Gasteiger partial charge on any atom is -0.493 e. The first kappa shape index (κ1) is 23.5. The molecule has 0 atom stereocenters. The topological polar surface area (TPSA) is 89.6 Å². The van der Waals surface area contributed by atoms with Crippen molar-refractivity contribution < 1.29 is 19.1 Å². The average Bonchev–Trinajstić information content (AvgIpc) is 2.90. The maximum atomic E-state index is 13.0. The molecule has 1 heterocycles. The van der Waals surface area contributed by atoms with Crippen LogP contribution in [0.3, 0.4) is 0 Å². The van der Waals surface area contributed by atoms with E-state index in [1.54, 1.807) is 80.2 Å². The van der Waals surface area contributed by atoms with Gasteiger partial charge in [-0.3, -0.25) is 14.6 Å². The molecule has 4 aromatic rings. The molecule has 7 nitrogen and oxygen atoms in total. The molecule has 35 heavy (non-hydrogen) atoms. The zero-order valence-corrected chi connectivity index (χ0v) is 19.4. The first-order valence-corrected chi connectivity index (χ1v) is 11.0. The van der Waals surface area contributed by atoms with Crippen LogP contribution in [0.2, 0.25) is 0 Å². The molecule has 0 fully saturated rings. The van der Waals surface area contributed by atoms with Gasteiger partial charge in [0.25, 0.3) is 11.8 Å². The molecule has 2 N–H and O–H groups in total. The number of nitrogens with zero attached hydrogens (tertiary/aromatic N) is 1. The van der Waals surface area contributed by atoms with E-state index in [2.05, 4.69) is 15.6 Å². The number of ether oxygens (including phenoxy) is 2. The molecule has 0 bridgehead atoms. The second-order valence-corrected chi connectivity index (χ2v) is 7.81. The van der Waals surface area contributed by atoms with Gasteiger partial charge < -0.3 is 20.1 Å². The Hall–Kier alpha value is -4.65. The summed E-state index contributed by atoms with van der Waals surface area (Å²) in [7, 11) is 1.56. The fourth-order valence-corrected chi connectivity index (χ4v) is 3.39. The number of benzene rings is 3. The van der Waals surface area contributed by atoms with Crippen LogP contribution in [0.4, 0.5) is 11.4 Å². The first-order valence-electron chi connectivity index (χ1n) is 11.0. The van der Waals surface area contributed by atoms with E-state index >= 15 is 0 Å². The number of pyridine rings is 1. The summed E-state index contributed by atoms with van der Waals surface area (Å²) in [4.78, 5) is 29.5. The Labute approximate surface area is 203 Å². The van der Waals surface area contributed by atoms with Gasteiger partial charge in [0.2, 0.25) is 0 Å². The number of carbonyl (C=O) groups excluding carboxylic acids is 2. The van der Waals surface area contributed by atoms with Gasteiger partial charge in [-0.2, -0.15) is 0 Å². The van der Waals surface area contributed by atoms with E-state index in [0.717, 1.165) is 11.1 Å². The zero-order valence-electron chi connectivity index (χ0n) is 19.4. The van der Waals surface area contributed by atoms with Crippen molar-refractivity contribution in [3.05, 3.63) is 114 Å². The van der Waals surface area contributed by atoms with Gasteiger partial charge in [0, 0.05) is 41.0 Å². The van der Waals surface area contributed by atoms with Crippen molar-refractivity contribution in [1.82, 2.24) is 4.98 Å². The second kappa shape index (κ2) is 11.0. The van der Waals surface area contributed by atoms with Crippen LogP contribution in [-0.2, 0) is 6.61 Å². The number of hydrogen-bond acceptors (Lipinski definition) is 5. The molecule has 0 aliphatic heterocycles. The van der Waals surface area contributed by atoms with Crippen molar-refractivity contribution in [3.63, 3.8) is 0 Å². The maximum Gasteiger partial charge on any atom is 0.255 e.